The molecule has 0 unspecified atom stereocenters. The molecule has 0 saturated carbocycles. The Morgan fingerprint density at radius 1 is 0.913 bits per heavy atom. The lowest BCUT2D eigenvalue weighted by Crippen LogP contribution is -1.84. The van der Waals surface area contributed by atoms with Crippen LogP contribution in [0, 0.1) is 13.8 Å². The predicted octanol–water partition coefficient (Wildman–Crippen LogP) is 6.25. The molecule has 0 spiro atoms. The summed E-state index contributed by atoms with van der Waals surface area (Å²) in [5, 5.41) is 1.03. The van der Waals surface area contributed by atoms with Crippen molar-refractivity contribution in [2.75, 3.05) is 0 Å². The standard InChI is InChI=1S/C21H17NS/c1-14-7-6-8-15(2)20(14)19-13-17-11-12-18(22-21(17)23-19)16-9-4-3-5-10-16/h3-13H,1-2H3/i1D3. The Bertz CT molecular complexity index is 1080. The summed E-state index contributed by atoms with van der Waals surface area (Å²) in [4.78, 5) is 6.65. The fraction of sp³-hybridized carbons (Fsp3) is 0.0952. The number of hydrogen-bond acceptors (Lipinski definition) is 2. The number of fused-ring (bicyclic) bond motifs is 1. The summed E-state index contributed by atoms with van der Waals surface area (Å²) in [6, 6.07) is 21.6. The normalized spacial score (nSPS) is 13.5. The third kappa shape index (κ3) is 2.55. The van der Waals surface area contributed by atoms with Crippen LogP contribution in [0.5, 0.6) is 0 Å². The SMILES string of the molecule is [2H]C([2H])([2H])c1cccc(C)c1-c1cc2ccc(-c3ccccc3)nc2s1. The molecule has 2 aromatic heterocycles. The van der Waals surface area contributed by atoms with Gasteiger partial charge in [-0.2, -0.15) is 0 Å². The minimum Gasteiger partial charge on any atom is -0.237 e. The van der Waals surface area contributed by atoms with E-state index in [9.17, 15) is 0 Å². The molecule has 0 saturated heterocycles. The van der Waals surface area contributed by atoms with Crippen molar-refractivity contribution in [1.82, 2.24) is 4.98 Å². The lowest BCUT2D eigenvalue weighted by molar-refractivity contribution is 1.39. The Hall–Kier alpha value is -2.45. The van der Waals surface area contributed by atoms with Gasteiger partial charge in [0.15, 0.2) is 0 Å². The second-order valence-corrected chi connectivity index (χ2v) is 6.60. The Kier molecular flexibility index (Phi) is 2.73. The second kappa shape index (κ2) is 5.64. The first kappa shape index (κ1) is 11.1. The van der Waals surface area contributed by atoms with E-state index >= 15 is 0 Å². The Morgan fingerprint density at radius 3 is 2.57 bits per heavy atom. The lowest BCUT2D eigenvalue weighted by Gasteiger charge is -2.06. The average molecular weight is 318 g/mol. The highest BCUT2D eigenvalue weighted by atomic mass is 32.1. The minimum absolute atomic E-state index is 0.396. The second-order valence-electron chi connectivity index (χ2n) is 5.57. The van der Waals surface area contributed by atoms with E-state index in [2.05, 4.69) is 6.07 Å². The van der Waals surface area contributed by atoms with Gasteiger partial charge in [-0.25, -0.2) is 4.98 Å². The first-order valence-corrected chi connectivity index (χ1v) is 8.31. The zero-order valence-corrected chi connectivity index (χ0v) is 13.5. The van der Waals surface area contributed by atoms with Crippen LogP contribution in [0.15, 0.2) is 66.7 Å². The van der Waals surface area contributed by atoms with Crippen molar-refractivity contribution >= 4 is 21.6 Å². The van der Waals surface area contributed by atoms with Gasteiger partial charge in [0.25, 0.3) is 0 Å². The number of aromatic nitrogens is 1. The van der Waals surface area contributed by atoms with Crippen molar-refractivity contribution in [3.05, 3.63) is 77.9 Å². The maximum absolute atomic E-state index is 7.86. The Labute approximate surface area is 144 Å². The molecule has 0 N–H and O–H groups in total. The summed E-state index contributed by atoms with van der Waals surface area (Å²) in [6.07, 6.45) is 0. The number of aryl methyl sites for hydroxylation is 2. The van der Waals surface area contributed by atoms with E-state index in [0.29, 0.717) is 5.56 Å². The highest BCUT2D eigenvalue weighted by Crippen LogP contribution is 2.37. The molecular formula is C21H17NS. The highest BCUT2D eigenvalue weighted by Gasteiger charge is 2.11. The van der Waals surface area contributed by atoms with Crippen molar-refractivity contribution in [3.63, 3.8) is 0 Å². The molecule has 0 aliphatic heterocycles. The number of thiophene rings is 1. The molecule has 0 radical (unpaired) electrons. The molecule has 0 atom stereocenters. The van der Waals surface area contributed by atoms with Crippen molar-refractivity contribution in [3.8, 4) is 21.7 Å². The molecule has 4 rings (SSSR count). The van der Waals surface area contributed by atoms with Gasteiger partial charge in [0.05, 0.1) is 5.69 Å². The van der Waals surface area contributed by atoms with Gasteiger partial charge >= 0.3 is 0 Å². The van der Waals surface area contributed by atoms with Gasteiger partial charge in [-0.3, -0.25) is 0 Å². The Balaban J connectivity index is 1.87. The molecule has 1 nitrogen and oxygen atoms in total. The maximum Gasteiger partial charge on any atom is 0.124 e. The Morgan fingerprint density at radius 2 is 1.74 bits per heavy atom. The third-order valence-corrected chi connectivity index (χ3v) is 5.03. The molecule has 0 amide bonds. The van der Waals surface area contributed by atoms with Crippen LogP contribution in [0.3, 0.4) is 0 Å². The first-order chi connectivity index (χ1) is 12.4. The molecule has 4 aromatic rings. The number of nitrogens with zero attached hydrogens (tertiary/aromatic N) is 1. The van der Waals surface area contributed by atoms with Crippen LogP contribution >= 0.6 is 11.3 Å². The molecule has 2 aromatic carbocycles. The van der Waals surface area contributed by atoms with Crippen LogP contribution in [0.2, 0.25) is 0 Å². The summed E-state index contributed by atoms with van der Waals surface area (Å²) in [7, 11) is 0. The topological polar surface area (TPSA) is 12.9 Å². The highest BCUT2D eigenvalue weighted by molar-refractivity contribution is 7.21. The molecule has 2 heterocycles. The smallest absolute Gasteiger partial charge is 0.124 e. The monoisotopic (exact) mass is 318 g/mol. The number of benzene rings is 2. The van der Waals surface area contributed by atoms with Crippen molar-refractivity contribution in [1.29, 1.82) is 0 Å². The van der Waals surface area contributed by atoms with Gasteiger partial charge in [-0.05, 0) is 48.7 Å². The van der Waals surface area contributed by atoms with Crippen molar-refractivity contribution in [2.24, 2.45) is 0 Å². The van der Waals surface area contributed by atoms with E-state index in [0.717, 1.165) is 37.5 Å². The molecule has 2 heteroatoms. The zero-order chi connectivity index (χ0) is 18.3. The molecule has 112 valence electrons. The zero-order valence-electron chi connectivity index (χ0n) is 15.7. The average Bonchev–Trinajstić information content (AvgIpc) is 3.04. The van der Waals surface area contributed by atoms with E-state index < -0.39 is 6.85 Å². The number of pyridine rings is 1. The van der Waals surface area contributed by atoms with Crippen LogP contribution in [0.25, 0.3) is 31.9 Å². The van der Waals surface area contributed by atoms with Crippen LogP contribution in [0.4, 0.5) is 0 Å². The fourth-order valence-corrected chi connectivity index (χ4v) is 3.96. The number of hydrogen-bond donors (Lipinski definition) is 0. The van der Waals surface area contributed by atoms with Crippen LogP contribution in [-0.2, 0) is 0 Å². The molecule has 0 bridgehead atoms. The van der Waals surface area contributed by atoms with Gasteiger partial charge in [-0.1, -0.05) is 48.5 Å². The summed E-state index contributed by atoms with van der Waals surface area (Å²) in [5.74, 6) is 0. The van der Waals surface area contributed by atoms with E-state index in [-0.39, 0.29) is 0 Å². The maximum atomic E-state index is 7.86. The van der Waals surface area contributed by atoms with Gasteiger partial charge in [0.1, 0.15) is 4.83 Å². The van der Waals surface area contributed by atoms with Gasteiger partial charge in [-0.15, -0.1) is 11.3 Å². The van der Waals surface area contributed by atoms with Crippen LogP contribution in [-0.4, -0.2) is 4.98 Å². The van der Waals surface area contributed by atoms with E-state index in [4.69, 9.17) is 9.10 Å². The first-order valence-electron chi connectivity index (χ1n) is 9.00. The summed E-state index contributed by atoms with van der Waals surface area (Å²) in [5.41, 5.74) is 4.16. The molecule has 0 aliphatic carbocycles. The third-order valence-electron chi connectivity index (χ3n) is 3.97. The number of rotatable bonds is 2. The van der Waals surface area contributed by atoms with Crippen molar-refractivity contribution < 1.29 is 4.11 Å². The van der Waals surface area contributed by atoms with Crippen LogP contribution in [0.1, 0.15) is 15.2 Å². The van der Waals surface area contributed by atoms with E-state index in [1.54, 1.807) is 23.5 Å². The summed E-state index contributed by atoms with van der Waals surface area (Å²) >= 11 is 1.54. The van der Waals surface area contributed by atoms with Gasteiger partial charge < -0.3 is 0 Å². The van der Waals surface area contributed by atoms with E-state index in [1.807, 2.05) is 55.5 Å². The minimum atomic E-state index is -2.14. The largest absolute Gasteiger partial charge is 0.237 e. The quantitative estimate of drug-likeness (QED) is 0.426. The molecule has 23 heavy (non-hydrogen) atoms. The summed E-state index contributed by atoms with van der Waals surface area (Å²) < 4.78 is 23.6. The summed E-state index contributed by atoms with van der Waals surface area (Å²) in [6.45, 7) is -0.183. The van der Waals surface area contributed by atoms with Crippen molar-refractivity contribution in [2.45, 2.75) is 13.8 Å². The van der Waals surface area contributed by atoms with Crippen LogP contribution < -0.4 is 0 Å². The van der Waals surface area contributed by atoms with Gasteiger partial charge in [0, 0.05) is 19.9 Å². The molecule has 0 fully saturated rings. The molecule has 0 aliphatic rings. The predicted molar refractivity (Wildman–Crippen MR) is 100.0 cm³/mol. The van der Waals surface area contributed by atoms with E-state index in [1.165, 1.54) is 0 Å². The molecular weight excluding hydrogens is 298 g/mol. The lowest BCUT2D eigenvalue weighted by atomic mass is 10.0. The van der Waals surface area contributed by atoms with Gasteiger partial charge in [0.2, 0.25) is 0 Å². The fourth-order valence-electron chi connectivity index (χ4n) is 2.81.